The van der Waals surface area contributed by atoms with Gasteiger partial charge in [0.05, 0.1) is 19.1 Å². The van der Waals surface area contributed by atoms with E-state index >= 15 is 0 Å². The van der Waals surface area contributed by atoms with E-state index in [-0.39, 0.29) is 23.7 Å². The monoisotopic (exact) mass is 239 g/mol. The summed E-state index contributed by atoms with van der Waals surface area (Å²) in [6.45, 7) is 0.00929. The second-order valence-electron chi connectivity index (χ2n) is 3.33. The lowest BCUT2D eigenvalue weighted by Crippen LogP contribution is -2.04. The van der Waals surface area contributed by atoms with Crippen LogP contribution in [0.5, 0.6) is 11.5 Å². The number of benzene rings is 1. The lowest BCUT2D eigenvalue weighted by Gasteiger charge is -2.09. The van der Waals surface area contributed by atoms with E-state index in [1.165, 1.54) is 20.3 Å². The summed E-state index contributed by atoms with van der Waals surface area (Å²) in [6.07, 6.45) is 0. The number of carbonyl (C=O) groups excluding carboxylic acids is 1. The van der Waals surface area contributed by atoms with Crippen molar-refractivity contribution in [1.82, 2.24) is 0 Å². The van der Waals surface area contributed by atoms with Crippen LogP contribution < -0.4 is 9.47 Å². The predicted octanol–water partition coefficient (Wildman–Crippen LogP) is 1.28. The molecule has 0 fully saturated rings. The van der Waals surface area contributed by atoms with Crippen LogP contribution in [-0.4, -0.2) is 25.1 Å². The molecule has 0 aliphatic carbocycles. The number of rotatable bonds is 3. The molecule has 17 heavy (non-hydrogen) atoms. The standard InChI is InChI=1S/C10H9NO6/c1-15-6-3-5-4-17-10(12)7(5)8(11(13)14)9(6)16-2/h3H,4H2,1-2H3. The fourth-order valence-electron chi connectivity index (χ4n) is 1.76. The molecule has 0 atom stereocenters. The van der Waals surface area contributed by atoms with E-state index in [0.717, 1.165) is 0 Å². The van der Waals surface area contributed by atoms with Crippen molar-refractivity contribution in [2.24, 2.45) is 0 Å². The van der Waals surface area contributed by atoms with E-state index in [1.807, 2.05) is 0 Å². The average Bonchev–Trinajstić information content (AvgIpc) is 2.68. The van der Waals surface area contributed by atoms with Gasteiger partial charge in [-0.05, 0) is 6.07 Å². The Morgan fingerprint density at radius 3 is 2.65 bits per heavy atom. The zero-order valence-corrected chi connectivity index (χ0v) is 9.18. The van der Waals surface area contributed by atoms with Gasteiger partial charge in [-0.2, -0.15) is 0 Å². The minimum Gasteiger partial charge on any atom is -0.493 e. The molecule has 0 radical (unpaired) electrons. The molecule has 90 valence electrons. The molecule has 1 aromatic carbocycles. The van der Waals surface area contributed by atoms with E-state index < -0.39 is 16.6 Å². The average molecular weight is 239 g/mol. The second-order valence-corrected chi connectivity index (χ2v) is 3.33. The molecule has 0 saturated carbocycles. The van der Waals surface area contributed by atoms with Gasteiger partial charge in [-0.1, -0.05) is 0 Å². The highest BCUT2D eigenvalue weighted by atomic mass is 16.6. The molecule has 1 aliphatic rings. The van der Waals surface area contributed by atoms with Crippen LogP contribution in [0.3, 0.4) is 0 Å². The molecule has 7 heteroatoms. The first-order chi connectivity index (χ1) is 8.10. The molecule has 0 unspecified atom stereocenters. The van der Waals surface area contributed by atoms with Crippen molar-refractivity contribution in [3.05, 3.63) is 27.3 Å². The van der Waals surface area contributed by atoms with Gasteiger partial charge in [-0.25, -0.2) is 4.79 Å². The van der Waals surface area contributed by atoms with E-state index in [1.54, 1.807) is 0 Å². The zero-order valence-electron chi connectivity index (χ0n) is 9.18. The van der Waals surface area contributed by atoms with Crippen molar-refractivity contribution in [3.8, 4) is 11.5 Å². The molecule has 1 aromatic rings. The Morgan fingerprint density at radius 1 is 1.41 bits per heavy atom. The number of ether oxygens (including phenoxy) is 3. The van der Waals surface area contributed by atoms with Gasteiger partial charge in [0.15, 0.2) is 5.75 Å². The lowest BCUT2D eigenvalue weighted by atomic mass is 10.1. The van der Waals surface area contributed by atoms with Gasteiger partial charge < -0.3 is 14.2 Å². The van der Waals surface area contributed by atoms with Crippen molar-refractivity contribution in [1.29, 1.82) is 0 Å². The molecule has 0 saturated heterocycles. The molecular weight excluding hydrogens is 230 g/mol. The van der Waals surface area contributed by atoms with Crippen LogP contribution in [0.2, 0.25) is 0 Å². The summed E-state index contributed by atoms with van der Waals surface area (Å²) in [6, 6.07) is 1.51. The molecule has 0 spiro atoms. The number of carbonyl (C=O) groups is 1. The van der Waals surface area contributed by atoms with Gasteiger partial charge >= 0.3 is 11.7 Å². The number of hydrogen-bond donors (Lipinski definition) is 0. The highest BCUT2D eigenvalue weighted by Gasteiger charge is 2.37. The lowest BCUT2D eigenvalue weighted by molar-refractivity contribution is -0.386. The molecule has 0 amide bonds. The maximum absolute atomic E-state index is 11.4. The quantitative estimate of drug-likeness (QED) is 0.448. The van der Waals surface area contributed by atoms with Crippen molar-refractivity contribution >= 4 is 11.7 Å². The molecule has 1 heterocycles. The number of nitro groups is 1. The Labute approximate surface area is 96.0 Å². The van der Waals surface area contributed by atoms with Crippen molar-refractivity contribution in [2.75, 3.05) is 14.2 Å². The summed E-state index contributed by atoms with van der Waals surface area (Å²) >= 11 is 0. The Hall–Kier alpha value is -2.31. The summed E-state index contributed by atoms with van der Waals surface area (Å²) in [5.74, 6) is -0.584. The summed E-state index contributed by atoms with van der Waals surface area (Å²) < 4.78 is 14.7. The normalized spacial score (nSPS) is 12.9. The number of esters is 1. The molecule has 7 nitrogen and oxygen atoms in total. The fraction of sp³-hybridized carbons (Fsp3) is 0.300. The molecule has 0 bridgehead atoms. The highest BCUT2D eigenvalue weighted by Crippen LogP contribution is 2.43. The van der Waals surface area contributed by atoms with Crippen molar-refractivity contribution < 1.29 is 23.9 Å². The summed E-state index contributed by atoms with van der Waals surface area (Å²) in [4.78, 5) is 21.8. The molecule has 0 aromatic heterocycles. The Morgan fingerprint density at radius 2 is 2.12 bits per heavy atom. The Balaban J connectivity index is 2.79. The maximum atomic E-state index is 11.4. The van der Waals surface area contributed by atoms with Crippen LogP contribution in [-0.2, 0) is 11.3 Å². The third-order valence-corrected chi connectivity index (χ3v) is 2.47. The van der Waals surface area contributed by atoms with E-state index in [4.69, 9.17) is 14.2 Å². The summed E-state index contributed by atoms with van der Waals surface area (Å²) in [5, 5.41) is 11.0. The first-order valence-electron chi connectivity index (χ1n) is 4.69. The van der Waals surface area contributed by atoms with Gasteiger partial charge in [0.1, 0.15) is 12.2 Å². The minimum atomic E-state index is -0.715. The molecule has 1 aliphatic heterocycles. The zero-order chi connectivity index (χ0) is 12.6. The van der Waals surface area contributed by atoms with Gasteiger partial charge in [-0.15, -0.1) is 0 Å². The van der Waals surface area contributed by atoms with E-state index in [9.17, 15) is 14.9 Å². The maximum Gasteiger partial charge on any atom is 0.346 e. The van der Waals surface area contributed by atoms with Crippen molar-refractivity contribution in [3.63, 3.8) is 0 Å². The largest absolute Gasteiger partial charge is 0.493 e. The van der Waals surface area contributed by atoms with Crippen LogP contribution in [0, 0.1) is 10.1 Å². The van der Waals surface area contributed by atoms with Gasteiger partial charge in [-0.3, -0.25) is 10.1 Å². The third kappa shape index (κ3) is 1.55. The number of hydrogen-bond acceptors (Lipinski definition) is 6. The molecular formula is C10H9NO6. The molecule has 2 rings (SSSR count). The number of nitro benzene ring substituents is 1. The second kappa shape index (κ2) is 3.93. The van der Waals surface area contributed by atoms with Crippen LogP contribution in [0.1, 0.15) is 15.9 Å². The smallest absolute Gasteiger partial charge is 0.346 e. The highest BCUT2D eigenvalue weighted by molar-refractivity contribution is 5.99. The summed E-state index contributed by atoms with van der Waals surface area (Å²) in [7, 11) is 2.64. The van der Waals surface area contributed by atoms with Crippen LogP contribution >= 0.6 is 0 Å². The Kier molecular flexibility index (Phi) is 2.58. The molecule has 0 N–H and O–H groups in total. The van der Waals surface area contributed by atoms with Crippen molar-refractivity contribution in [2.45, 2.75) is 6.61 Å². The fourth-order valence-corrected chi connectivity index (χ4v) is 1.76. The van der Waals surface area contributed by atoms with Crippen LogP contribution in [0.4, 0.5) is 5.69 Å². The Bertz CT molecular complexity index is 510. The third-order valence-electron chi connectivity index (χ3n) is 2.47. The summed E-state index contributed by atoms with van der Waals surface area (Å²) in [5.41, 5.74) is -0.0450. The van der Waals surface area contributed by atoms with Gasteiger partial charge in [0, 0.05) is 5.56 Å². The number of cyclic esters (lactones) is 1. The van der Waals surface area contributed by atoms with Gasteiger partial charge in [0.25, 0.3) is 0 Å². The predicted molar refractivity (Wildman–Crippen MR) is 55.3 cm³/mol. The SMILES string of the molecule is COc1cc2c(c([N+](=O)[O-])c1OC)C(=O)OC2. The van der Waals surface area contributed by atoms with Crippen LogP contribution in [0.15, 0.2) is 6.07 Å². The van der Waals surface area contributed by atoms with E-state index in [2.05, 4.69) is 0 Å². The first-order valence-corrected chi connectivity index (χ1v) is 4.69. The number of methoxy groups -OCH3 is 2. The van der Waals surface area contributed by atoms with Crippen LogP contribution in [0.25, 0.3) is 0 Å². The first kappa shape index (κ1) is 11.2. The minimum absolute atomic E-state index is 0.00929. The van der Waals surface area contributed by atoms with E-state index in [0.29, 0.717) is 5.56 Å². The van der Waals surface area contributed by atoms with Gasteiger partial charge in [0.2, 0.25) is 5.75 Å². The number of fused-ring (bicyclic) bond motifs is 1. The topological polar surface area (TPSA) is 87.9 Å². The number of nitrogens with zero attached hydrogens (tertiary/aromatic N) is 1.